The zero-order valence-corrected chi connectivity index (χ0v) is 10.2. The second kappa shape index (κ2) is 6.69. The molecular weight excluding hydrogens is 204 g/mol. The van der Waals surface area contributed by atoms with E-state index in [1.165, 1.54) is 0 Å². The van der Waals surface area contributed by atoms with E-state index in [0.717, 1.165) is 12.8 Å². The number of aliphatic hydroxyl groups is 1. The van der Waals surface area contributed by atoms with Crippen molar-refractivity contribution in [2.24, 2.45) is 11.8 Å². The van der Waals surface area contributed by atoms with Crippen LogP contribution in [0.25, 0.3) is 0 Å². The van der Waals surface area contributed by atoms with Crippen LogP contribution in [0.15, 0.2) is 12.2 Å². The van der Waals surface area contributed by atoms with Crippen molar-refractivity contribution in [1.29, 1.82) is 0 Å². The maximum atomic E-state index is 11.3. The Bertz CT molecular complexity index is 248. The largest absolute Gasteiger partial charge is 0.465 e. The number of carbonyl (C=O) groups is 1. The maximum absolute atomic E-state index is 11.3. The molecule has 0 aliphatic carbocycles. The summed E-state index contributed by atoms with van der Waals surface area (Å²) in [6.45, 7) is 4.61. The molecule has 1 aliphatic rings. The summed E-state index contributed by atoms with van der Waals surface area (Å²) >= 11 is 0. The summed E-state index contributed by atoms with van der Waals surface area (Å²) in [4.78, 5) is 11.3. The van der Waals surface area contributed by atoms with Crippen molar-refractivity contribution >= 4 is 5.97 Å². The van der Waals surface area contributed by atoms with Crippen LogP contribution in [0.2, 0.25) is 0 Å². The summed E-state index contributed by atoms with van der Waals surface area (Å²) in [6, 6.07) is 0. The lowest BCUT2D eigenvalue weighted by atomic mass is 9.97. The summed E-state index contributed by atoms with van der Waals surface area (Å²) in [7, 11) is 0. The lowest BCUT2D eigenvalue weighted by molar-refractivity contribution is -0.146. The highest BCUT2D eigenvalue weighted by Crippen LogP contribution is 2.16. The van der Waals surface area contributed by atoms with Crippen LogP contribution in [-0.2, 0) is 9.53 Å². The quantitative estimate of drug-likeness (QED) is 0.509. The molecule has 3 atom stereocenters. The third-order valence-electron chi connectivity index (χ3n) is 2.91. The number of allylic oxidation sites excluding steroid dienone is 1. The van der Waals surface area contributed by atoms with Gasteiger partial charge in [0.1, 0.15) is 0 Å². The maximum Gasteiger partial charge on any atom is 0.308 e. The number of esters is 1. The van der Waals surface area contributed by atoms with Gasteiger partial charge in [-0.1, -0.05) is 26.0 Å². The monoisotopic (exact) mass is 226 g/mol. The van der Waals surface area contributed by atoms with E-state index in [1.807, 2.05) is 6.92 Å². The van der Waals surface area contributed by atoms with Gasteiger partial charge >= 0.3 is 5.97 Å². The van der Waals surface area contributed by atoms with Crippen LogP contribution in [0.4, 0.5) is 0 Å². The summed E-state index contributed by atoms with van der Waals surface area (Å²) in [5.41, 5.74) is 0. The Kier molecular flexibility index (Phi) is 5.53. The highest BCUT2D eigenvalue weighted by molar-refractivity contribution is 5.69. The molecule has 0 aromatic carbocycles. The number of rotatable bonds is 0. The highest BCUT2D eigenvalue weighted by atomic mass is 16.5. The smallest absolute Gasteiger partial charge is 0.308 e. The molecule has 0 aromatic rings. The lowest BCUT2D eigenvalue weighted by Gasteiger charge is -2.16. The van der Waals surface area contributed by atoms with E-state index in [2.05, 4.69) is 19.1 Å². The lowest BCUT2D eigenvalue weighted by Crippen LogP contribution is -2.19. The third kappa shape index (κ3) is 5.31. The van der Waals surface area contributed by atoms with Gasteiger partial charge < -0.3 is 9.84 Å². The molecule has 3 heteroatoms. The SMILES string of the molecule is CC1/C=C/CC(C)CCC(O)CC(=O)OC1. The molecule has 0 bridgehead atoms. The van der Waals surface area contributed by atoms with Gasteiger partial charge in [0, 0.05) is 5.92 Å². The molecule has 0 fully saturated rings. The van der Waals surface area contributed by atoms with Gasteiger partial charge in [-0.05, 0) is 25.2 Å². The zero-order valence-electron chi connectivity index (χ0n) is 10.2. The Labute approximate surface area is 97.5 Å². The number of hydrogen-bond acceptors (Lipinski definition) is 3. The van der Waals surface area contributed by atoms with Gasteiger partial charge in [-0.25, -0.2) is 0 Å². The fourth-order valence-corrected chi connectivity index (χ4v) is 1.77. The predicted molar refractivity (Wildman–Crippen MR) is 62.9 cm³/mol. The van der Waals surface area contributed by atoms with Crippen LogP contribution in [0.1, 0.15) is 39.5 Å². The number of carbonyl (C=O) groups excluding carboxylic acids is 1. The molecule has 3 unspecified atom stereocenters. The van der Waals surface area contributed by atoms with Crippen molar-refractivity contribution < 1.29 is 14.6 Å². The van der Waals surface area contributed by atoms with E-state index in [0.29, 0.717) is 18.9 Å². The van der Waals surface area contributed by atoms with Gasteiger partial charge in [0.2, 0.25) is 0 Å². The molecule has 0 radical (unpaired) electrons. The molecule has 0 saturated heterocycles. The van der Waals surface area contributed by atoms with E-state index < -0.39 is 6.10 Å². The summed E-state index contributed by atoms with van der Waals surface area (Å²) in [5, 5.41) is 9.63. The van der Waals surface area contributed by atoms with Crippen LogP contribution in [-0.4, -0.2) is 23.8 Å². The normalized spacial score (nSPS) is 35.7. The van der Waals surface area contributed by atoms with Crippen LogP contribution in [0, 0.1) is 11.8 Å². The number of aliphatic hydroxyl groups excluding tert-OH is 1. The average Bonchev–Trinajstić information content (AvgIpc) is 2.22. The molecular formula is C13H22O3. The van der Waals surface area contributed by atoms with Gasteiger partial charge in [0.25, 0.3) is 0 Å². The molecule has 1 rings (SSSR count). The predicted octanol–water partition coefficient (Wildman–Crippen LogP) is 2.29. The van der Waals surface area contributed by atoms with Crippen LogP contribution < -0.4 is 0 Å². The first-order valence-corrected chi connectivity index (χ1v) is 6.08. The number of ether oxygens (including phenoxy) is 1. The Morgan fingerprint density at radius 3 is 2.88 bits per heavy atom. The molecule has 1 N–H and O–H groups in total. The van der Waals surface area contributed by atoms with Crippen molar-refractivity contribution in [3.8, 4) is 0 Å². The molecule has 1 aliphatic heterocycles. The van der Waals surface area contributed by atoms with Crippen molar-refractivity contribution in [1.82, 2.24) is 0 Å². The highest BCUT2D eigenvalue weighted by Gasteiger charge is 2.14. The van der Waals surface area contributed by atoms with Crippen molar-refractivity contribution in [3.63, 3.8) is 0 Å². The first-order chi connectivity index (χ1) is 7.58. The fraction of sp³-hybridized carbons (Fsp3) is 0.769. The molecule has 1 heterocycles. The minimum absolute atomic E-state index is 0.128. The number of cyclic esters (lactones) is 1. The number of hydrogen-bond donors (Lipinski definition) is 1. The Morgan fingerprint density at radius 2 is 2.12 bits per heavy atom. The van der Waals surface area contributed by atoms with Crippen molar-refractivity contribution in [2.75, 3.05) is 6.61 Å². The Hall–Kier alpha value is -0.830. The summed E-state index contributed by atoms with van der Waals surface area (Å²) in [6.07, 6.45) is 6.49. The molecule has 3 nitrogen and oxygen atoms in total. The second-order valence-electron chi connectivity index (χ2n) is 4.86. The summed E-state index contributed by atoms with van der Waals surface area (Å²) < 4.78 is 5.07. The molecule has 16 heavy (non-hydrogen) atoms. The molecule has 0 amide bonds. The van der Waals surface area contributed by atoms with Crippen molar-refractivity contribution in [2.45, 2.75) is 45.6 Å². The van der Waals surface area contributed by atoms with Gasteiger partial charge in [-0.2, -0.15) is 0 Å². The Morgan fingerprint density at radius 1 is 1.38 bits per heavy atom. The van der Waals surface area contributed by atoms with Crippen LogP contribution in [0.5, 0.6) is 0 Å². The van der Waals surface area contributed by atoms with E-state index in [1.54, 1.807) is 0 Å². The van der Waals surface area contributed by atoms with Gasteiger partial charge in [-0.15, -0.1) is 0 Å². The third-order valence-corrected chi connectivity index (χ3v) is 2.91. The standard InChI is InChI=1S/C13H22O3/c1-10-4-3-5-11(2)9-16-13(15)8-12(14)7-6-10/h3,5,10-12,14H,4,6-9H2,1-2H3/b5-3+. The minimum Gasteiger partial charge on any atom is -0.465 e. The van der Waals surface area contributed by atoms with Crippen molar-refractivity contribution in [3.05, 3.63) is 12.2 Å². The second-order valence-corrected chi connectivity index (χ2v) is 4.86. The minimum atomic E-state index is -0.548. The van der Waals surface area contributed by atoms with Crippen LogP contribution in [0.3, 0.4) is 0 Å². The van der Waals surface area contributed by atoms with E-state index >= 15 is 0 Å². The zero-order chi connectivity index (χ0) is 12.0. The van der Waals surface area contributed by atoms with Gasteiger partial charge in [0.15, 0.2) is 0 Å². The fourth-order valence-electron chi connectivity index (χ4n) is 1.77. The average molecular weight is 226 g/mol. The van der Waals surface area contributed by atoms with Gasteiger partial charge in [-0.3, -0.25) is 4.79 Å². The molecule has 0 saturated carbocycles. The summed E-state index contributed by atoms with van der Waals surface area (Å²) in [5.74, 6) is 0.530. The van der Waals surface area contributed by atoms with Gasteiger partial charge in [0.05, 0.1) is 19.1 Å². The molecule has 0 spiro atoms. The first kappa shape index (κ1) is 13.2. The molecule has 0 aromatic heterocycles. The Balaban J connectivity index is 2.54. The van der Waals surface area contributed by atoms with E-state index in [4.69, 9.17) is 4.74 Å². The van der Waals surface area contributed by atoms with Crippen LogP contribution >= 0.6 is 0 Å². The molecule has 92 valence electrons. The van der Waals surface area contributed by atoms with E-state index in [9.17, 15) is 9.90 Å². The van der Waals surface area contributed by atoms with E-state index in [-0.39, 0.29) is 18.3 Å². The first-order valence-electron chi connectivity index (χ1n) is 6.08. The topological polar surface area (TPSA) is 46.5 Å².